The van der Waals surface area contributed by atoms with Crippen LogP contribution in [0, 0.1) is 5.92 Å². The molecule has 0 heterocycles. The van der Waals surface area contributed by atoms with E-state index in [0.29, 0.717) is 5.41 Å². The van der Waals surface area contributed by atoms with Crippen LogP contribution in [-0.4, -0.2) is 13.1 Å². The molecule has 2 rings (SSSR count). The number of hydrogen-bond donors (Lipinski definition) is 1. The van der Waals surface area contributed by atoms with Gasteiger partial charge in [0.25, 0.3) is 0 Å². The molecule has 2 atom stereocenters. The summed E-state index contributed by atoms with van der Waals surface area (Å²) in [5, 5.41) is 3.56. The lowest BCUT2D eigenvalue weighted by atomic mass is 9.57. The van der Waals surface area contributed by atoms with E-state index in [1.807, 2.05) is 0 Å². The van der Waals surface area contributed by atoms with E-state index >= 15 is 0 Å². The fourth-order valence-electron chi connectivity index (χ4n) is 3.23. The first-order chi connectivity index (χ1) is 8.90. The van der Waals surface area contributed by atoms with Gasteiger partial charge in [0.15, 0.2) is 0 Å². The van der Waals surface area contributed by atoms with Crippen molar-refractivity contribution in [3.8, 4) is 0 Å². The lowest BCUT2D eigenvalue weighted by Gasteiger charge is -2.49. The third kappa shape index (κ3) is 2.72. The van der Waals surface area contributed by atoms with Gasteiger partial charge in [-0.25, -0.2) is 0 Å². The fourth-order valence-corrected chi connectivity index (χ4v) is 3.23. The maximum atomic E-state index is 3.56. The summed E-state index contributed by atoms with van der Waals surface area (Å²) in [6.07, 6.45) is 2.70. The predicted octanol–water partition coefficient (Wildman–Crippen LogP) is 4.26. The van der Waals surface area contributed by atoms with Gasteiger partial charge in [0, 0.05) is 12.0 Å². The first-order valence-electron chi connectivity index (χ1n) is 7.72. The minimum Gasteiger partial charge on any atom is -0.316 e. The normalized spacial score (nSPS) is 27.1. The molecule has 0 amide bonds. The lowest BCUT2D eigenvalue weighted by Crippen LogP contribution is -2.50. The fraction of sp³-hybridized carbons (Fsp3) is 0.667. The molecular weight excluding hydrogens is 230 g/mol. The van der Waals surface area contributed by atoms with Crippen molar-refractivity contribution in [2.45, 2.75) is 58.3 Å². The van der Waals surface area contributed by atoms with Crippen LogP contribution in [-0.2, 0) is 10.8 Å². The number of rotatable bonds is 4. The molecule has 2 unspecified atom stereocenters. The van der Waals surface area contributed by atoms with Crippen molar-refractivity contribution in [3.63, 3.8) is 0 Å². The molecule has 1 heteroatoms. The van der Waals surface area contributed by atoms with Crippen LogP contribution in [0.3, 0.4) is 0 Å². The minimum absolute atomic E-state index is 0.249. The second-order valence-electron chi connectivity index (χ2n) is 7.20. The smallest absolute Gasteiger partial charge is 0.0103 e. The van der Waals surface area contributed by atoms with Crippen LogP contribution in [0.4, 0.5) is 0 Å². The zero-order valence-corrected chi connectivity index (χ0v) is 13.2. The molecule has 0 aliphatic heterocycles. The van der Waals surface area contributed by atoms with Gasteiger partial charge >= 0.3 is 0 Å². The van der Waals surface area contributed by atoms with Crippen LogP contribution in [0.25, 0.3) is 0 Å². The van der Waals surface area contributed by atoms with E-state index in [1.54, 1.807) is 0 Å². The summed E-state index contributed by atoms with van der Waals surface area (Å²) in [6.45, 7) is 13.6. The Balaban J connectivity index is 2.24. The minimum atomic E-state index is 0.249. The van der Waals surface area contributed by atoms with E-state index in [1.165, 1.54) is 24.0 Å². The Bertz CT molecular complexity index is 412. The average Bonchev–Trinajstić information content (AvgIpc) is 2.37. The molecular formula is C18H29N. The van der Waals surface area contributed by atoms with Gasteiger partial charge in [0.05, 0.1) is 0 Å². The molecule has 1 N–H and O–H groups in total. The predicted molar refractivity (Wildman–Crippen MR) is 83.8 cm³/mol. The standard InChI is InChI=1S/C18H29N/c1-6-19-13-18(12-11-14(18)2)16-9-7-15(8-10-16)17(3,4)5/h7-10,14,19H,6,11-13H2,1-5H3. The van der Waals surface area contributed by atoms with Crippen molar-refractivity contribution >= 4 is 0 Å². The van der Waals surface area contributed by atoms with E-state index in [9.17, 15) is 0 Å². The van der Waals surface area contributed by atoms with E-state index in [0.717, 1.165) is 19.0 Å². The van der Waals surface area contributed by atoms with Crippen LogP contribution in [0.1, 0.15) is 58.6 Å². The Kier molecular flexibility index (Phi) is 4.06. The van der Waals surface area contributed by atoms with Gasteiger partial charge in [-0.3, -0.25) is 0 Å². The van der Waals surface area contributed by atoms with Gasteiger partial charge in [-0.05, 0) is 41.8 Å². The third-order valence-corrected chi connectivity index (χ3v) is 4.98. The molecule has 1 nitrogen and oxygen atoms in total. The summed E-state index contributed by atoms with van der Waals surface area (Å²) in [7, 11) is 0. The van der Waals surface area contributed by atoms with Crippen LogP contribution in [0.2, 0.25) is 0 Å². The zero-order valence-electron chi connectivity index (χ0n) is 13.2. The van der Waals surface area contributed by atoms with E-state index in [2.05, 4.69) is 64.2 Å². The first kappa shape index (κ1) is 14.6. The highest BCUT2D eigenvalue weighted by atomic mass is 14.9. The largest absolute Gasteiger partial charge is 0.316 e. The van der Waals surface area contributed by atoms with E-state index in [4.69, 9.17) is 0 Å². The topological polar surface area (TPSA) is 12.0 Å². The molecule has 1 saturated carbocycles. The van der Waals surface area contributed by atoms with Crippen molar-refractivity contribution in [1.82, 2.24) is 5.32 Å². The second kappa shape index (κ2) is 5.28. The summed E-state index contributed by atoms with van der Waals surface area (Å²) in [4.78, 5) is 0. The van der Waals surface area contributed by atoms with Crippen LogP contribution in [0.5, 0.6) is 0 Å². The summed E-state index contributed by atoms with van der Waals surface area (Å²) >= 11 is 0. The van der Waals surface area contributed by atoms with Crippen molar-refractivity contribution in [2.24, 2.45) is 5.92 Å². The van der Waals surface area contributed by atoms with Crippen molar-refractivity contribution in [1.29, 1.82) is 0 Å². The molecule has 0 bridgehead atoms. The molecule has 1 aromatic carbocycles. The number of nitrogens with one attached hydrogen (secondary N) is 1. The molecule has 1 aliphatic carbocycles. The van der Waals surface area contributed by atoms with E-state index in [-0.39, 0.29) is 5.41 Å². The average molecular weight is 259 g/mol. The number of likely N-dealkylation sites (N-methyl/N-ethyl adjacent to an activating group) is 1. The Morgan fingerprint density at radius 1 is 1.21 bits per heavy atom. The molecule has 0 spiro atoms. The first-order valence-corrected chi connectivity index (χ1v) is 7.72. The van der Waals surface area contributed by atoms with Crippen LogP contribution >= 0.6 is 0 Å². The summed E-state index contributed by atoms with van der Waals surface area (Å²) in [5.41, 5.74) is 3.59. The lowest BCUT2D eigenvalue weighted by molar-refractivity contribution is 0.135. The third-order valence-electron chi connectivity index (χ3n) is 4.98. The molecule has 0 saturated heterocycles. The van der Waals surface area contributed by atoms with Gasteiger partial charge < -0.3 is 5.32 Å². The Morgan fingerprint density at radius 2 is 1.84 bits per heavy atom. The van der Waals surface area contributed by atoms with Gasteiger partial charge in [-0.15, -0.1) is 0 Å². The number of benzene rings is 1. The maximum Gasteiger partial charge on any atom is 0.0103 e. The van der Waals surface area contributed by atoms with Gasteiger partial charge in [0.2, 0.25) is 0 Å². The molecule has 0 aromatic heterocycles. The van der Waals surface area contributed by atoms with Crippen molar-refractivity contribution < 1.29 is 0 Å². The van der Waals surface area contributed by atoms with Crippen LogP contribution in [0.15, 0.2) is 24.3 Å². The van der Waals surface area contributed by atoms with Crippen molar-refractivity contribution in [3.05, 3.63) is 35.4 Å². The highest BCUT2D eigenvalue weighted by Crippen LogP contribution is 2.48. The Hall–Kier alpha value is -0.820. The molecule has 0 radical (unpaired) electrons. The highest BCUT2D eigenvalue weighted by Gasteiger charge is 2.44. The molecule has 19 heavy (non-hydrogen) atoms. The SMILES string of the molecule is CCNCC1(c2ccc(C(C)(C)C)cc2)CCC1C. The van der Waals surface area contributed by atoms with Gasteiger partial charge in [-0.2, -0.15) is 0 Å². The van der Waals surface area contributed by atoms with Crippen LogP contribution < -0.4 is 5.32 Å². The van der Waals surface area contributed by atoms with Gasteiger partial charge in [-0.1, -0.05) is 58.9 Å². The molecule has 106 valence electrons. The monoisotopic (exact) mass is 259 g/mol. The quantitative estimate of drug-likeness (QED) is 0.852. The summed E-state index contributed by atoms with van der Waals surface area (Å²) < 4.78 is 0. The Morgan fingerprint density at radius 3 is 2.21 bits per heavy atom. The van der Waals surface area contributed by atoms with E-state index < -0.39 is 0 Å². The molecule has 1 aromatic rings. The molecule has 1 aliphatic rings. The second-order valence-corrected chi connectivity index (χ2v) is 7.20. The summed E-state index contributed by atoms with van der Waals surface area (Å²) in [5.74, 6) is 0.798. The highest BCUT2D eigenvalue weighted by molar-refractivity contribution is 5.35. The maximum absolute atomic E-state index is 3.56. The zero-order chi connectivity index (χ0) is 14.1. The summed E-state index contributed by atoms with van der Waals surface area (Å²) in [6, 6.07) is 9.39. The van der Waals surface area contributed by atoms with Crippen molar-refractivity contribution in [2.75, 3.05) is 13.1 Å². The molecule has 1 fully saturated rings. The Labute approximate surface area is 118 Å². The van der Waals surface area contributed by atoms with Gasteiger partial charge in [0.1, 0.15) is 0 Å². The number of hydrogen-bond acceptors (Lipinski definition) is 1.